The smallest absolute Gasteiger partial charge is 0.251 e. The minimum absolute atomic E-state index is 0. The summed E-state index contributed by atoms with van der Waals surface area (Å²) in [5.41, 5.74) is 7.24. The molecule has 0 saturated carbocycles. The Hall–Kier alpha value is -1.34. The first kappa shape index (κ1) is 26.7. The molecule has 1 saturated heterocycles. The first-order valence-corrected chi connectivity index (χ1v) is 9.40. The summed E-state index contributed by atoms with van der Waals surface area (Å²) in [5.74, 6) is -0.226. The average Bonchev–Trinajstić information content (AvgIpc) is 3.12. The van der Waals surface area contributed by atoms with Gasteiger partial charge in [0.1, 0.15) is 0 Å². The Morgan fingerprint density at radius 3 is 2.18 bits per heavy atom. The van der Waals surface area contributed by atoms with Crippen LogP contribution >= 0.6 is 24.8 Å². The molecule has 1 aromatic rings. The molecule has 0 spiro atoms. The zero-order valence-corrected chi connectivity index (χ0v) is 18.6. The number of hydrogen-bond donors (Lipinski definition) is 3. The van der Waals surface area contributed by atoms with Crippen LogP contribution in [0.25, 0.3) is 0 Å². The van der Waals surface area contributed by atoms with Crippen molar-refractivity contribution in [1.82, 2.24) is 15.5 Å². The molecule has 0 unspecified atom stereocenters. The standard InChI is InChI=1S/C20H32N4O2.2ClH/c1-20(2,3)17(21)19(26)23-14-15-6-8-16(9-7-15)18(25)22-10-13-24-11-4-5-12-24;;/h6-9,17H,4-5,10-14,21H2,1-3H3,(H,22,25)(H,23,26);2*1H/t17-;;/m1../s1. The van der Waals surface area contributed by atoms with E-state index in [2.05, 4.69) is 15.5 Å². The van der Waals surface area contributed by atoms with E-state index in [4.69, 9.17) is 5.73 Å². The average molecular weight is 433 g/mol. The summed E-state index contributed by atoms with van der Waals surface area (Å²) in [6.07, 6.45) is 2.51. The molecule has 160 valence electrons. The number of rotatable bonds is 7. The normalized spacial score (nSPS) is 15.1. The van der Waals surface area contributed by atoms with Crippen molar-refractivity contribution in [2.75, 3.05) is 26.2 Å². The van der Waals surface area contributed by atoms with Gasteiger partial charge in [-0.25, -0.2) is 0 Å². The number of likely N-dealkylation sites (tertiary alicyclic amines) is 1. The number of nitrogens with one attached hydrogen (secondary N) is 2. The quantitative estimate of drug-likeness (QED) is 0.616. The van der Waals surface area contributed by atoms with E-state index in [0.29, 0.717) is 18.7 Å². The van der Waals surface area contributed by atoms with Gasteiger partial charge in [0.2, 0.25) is 5.91 Å². The SMILES string of the molecule is CC(C)(C)[C@H](N)C(=O)NCc1ccc(C(=O)NCCN2CCCC2)cc1.Cl.Cl. The predicted octanol–water partition coefficient (Wildman–Crippen LogP) is 2.35. The molecule has 0 aromatic heterocycles. The van der Waals surface area contributed by atoms with Crippen LogP contribution in [0.3, 0.4) is 0 Å². The molecule has 0 radical (unpaired) electrons. The first-order valence-electron chi connectivity index (χ1n) is 9.40. The number of amides is 2. The van der Waals surface area contributed by atoms with Crippen LogP contribution in [-0.4, -0.2) is 48.9 Å². The fourth-order valence-corrected chi connectivity index (χ4v) is 2.90. The lowest BCUT2D eigenvalue weighted by Gasteiger charge is -2.25. The second kappa shape index (κ2) is 12.3. The molecule has 28 heavy (non-hydrogen) atoms. The fraction of sp³-hybridized carbons (Fsp3) is 0.600. The summed E-state index contributed by atoms with van der Waals surface area (Å²) in [7, 11) is 0. The third kappa shape index (κ3) is 8.35. The number of carbonyl (C=O) groups excluding carboxylic acids is 2. The van der Waals surface area contributed by atoms with Gasteiger partial charge in [0.15, 0.2) is 0 Å². The van der Waals surface area contributed by atoms with Gasteiger partial charge in [-0.2, -0.15) is 0 Å². The van der Waals surface area contributed by atoms with Crippen molar-refractivity contribution in [3.63, 3.8) is 0 Å². The highest BCUT2D eigenvalue weighted by Gasteiger charge is 2.27. The Kier molecular flexibility index (Phi) is 11.7. The highest BCUT2D eigenvalue weighted by atomic mass is 35.5. The van der Waals surface area contributed by atoms with Gasteiger partial charge >= 0.3 is 0 Å². The molecule has 1 atom stereocenters. The van der Waals surface area contributed by atoms with Gasteiger partial charge in [0, 0.05) is 25.2 Å². The molecule has 6 nitrogen and oxygen atoms in total. The lowest BCUT2D eigenvalue weighted by molar-refractivity contribution is -0.124. The Bertz CT molecular complexity index is 612. The monoisotopic (exact) mass is 432 g/mol. The first-order chi connectivity index (χ1) is 12.3. The number of benzene rings is 1. The molecule has 2 amide bonds. The Morgan fingerprint density at radius 2 is 1.64 bits per heavy atom. The summed E-state index contributed by atoms with van der Waals surface area (Å²) < 4.78 is 0. The van der Waals surface area contributed by atoms with Crippen LogP contribution in [-0.2, 0) is 11.3 Å². The zero-order chi connectivity index (χ0) is 19.2. The van der Waals surface area contributed by atoms with Gasteiger partial charge in [-0.3, -0.25) is 9.59 Å². The van der Waals surface area contributed by atoms with Crippen LogP contribution in [0, 0.1) is 5.41 Å². The Balaban J connectivity index is 0.00000364. The van der Waals surface area contributed by atoms with Crippen molar-refractivity contribution in [3.8, 4) is 0 Å². The van der Waals surface area contributed by atoms with E-state index in [-0.39, 0.29) is 42.0 Å². The van der Waals surface area contributed by atoms with Crippen LogP contribution in [0.1, 0.15) is 49.5 Å². The maximum absolute atomic E-state index is 12.2. The lowest BCUT2D eigenvalue weighted by Crippen LogP contribution is -2.48. The minimum Gasteiger partial charge on any atom is -0.351 e. The molecule has 1 aliphatic heterocycles. The highest BCUT2D eigenvalue weighted by molar-refractivity contribution is 5.94. The van der Waals surface area contributed by atoms with Gasteiger partial charge in [0.25, 0.3) is 5.91 Å². The maximum atomic E-state index is 12.2. The molecule has 0 aliphatic carbocycles. The molecule has 1 fully saturated rings. The van der Waals surface area contributed by atoms with Gasteiger partial charge < -0.3 is 21.3 Å². The van der Waals surface area contributed by atoms with Gasteiger partial charge in [-0.15, -0.1) is 24.8 Å². The van der Waals surface area contributed by atoms with Crippen molar-refractivity contribution in [3.05, 3.63) is 35.4 Å². The maximum Gasteiger partial charge on any atom is 0.251 e. The molecular weight excluding hydrogens is 399 g/mol. The van der Waals surface area contributed by atoms with Crippen molar-refractivity contribution in [1.29, 1.82) is 0 Å². The number of carbonyl (C=O) groups is 2. The molecule has 4 N–H and O–H groups in total. The van der Waals surface area contributed by atoms with Crippen molar-refractivity contribution >= 4 is 36.6 Å². The number of nitrogens with zero attached hydrogens (tertiary/aromatic N) is 1. The summed E-state index contributed by atoms with van der Waals surface area (Å²) in [6.45, 7) is 10.1. The third-order valence-electron chi connectivity index (χ3n) is 4.81. The second-order valence-electron chi connectivity index (χ2n) is 8.06. The van der Waals surface area contributed by atoms with E-state index >= 15 is 0 Å². The topological polar surface area (TPSA) is 87.5 Å². The Labute approximate surface area is 180 Å². The van der Waals surface area contributed by atoms with Gasteiger partial charge in [-0.05, 0) is 49.0 Å². The van der Waals surface area contributed by atoms with E-state index in [0.717, 1.165) is 25.2 Å². The van der Waals surface area contributed by atoms with E-state index in [1.165, 1.54) is 12.8 Å². The summed E-state index contributed by atoms with van der Waals surface area (Å²) >= 11 is 0. The van der Waals surface area contributed by atoms with Crippen LogP contribution in [0.5, 0.6) is 0 Å². The Morgan fingerprint density at radius 1 is 1.07 bits per heavy atom. The van der Waals surface area contributed by atoms with E-state index < -0.39 is 6.04 Å². The number of halogens is 2. The summed E-state index contributed by atoms with van der Waals surface area (Å²) in [4.78, 5) is 26.6. The molecule has 0 bridgehead atoms. The van der Waals surface area contributed by atoms with E-state index in [1.54, 1.807) is 12.1 Å². The molecule has 1 heterocycles. The number of hydrogen-bond acceptors (Lipinski definition) is 4. The zero-order valence-electron chi connectivity index (χ0n) is 17.0. The molecule has 1 aliphatic rings. The van der Waals surface area contributed by atoms with Gasteiger partial charge in [-0.1, -0.05) is 32.9 Å². The number of nitrogens with two attached hydrogens (primary N) is 1. The van der Waals surface area contributed by atoms with Crippen molar-refractivity contribution < 1.29 is 9.59 Å². The van der Waals surface area contributed by atoms with Gasteiger partial charge in [0.05, 0.1) is 6.04 Å². The van der Waals surface area contributed by atoms with E-state index in [9.17, 15) is 9.59 Å². The van der Waals surface area contributed by atoms with Crippen molar-refractivity contribution in [2.45, 2.75) is 46.2 Å². The second-order valence-corrected chi connectivity index (χ2v) is 8.06. The fourth-order valence-electron chi connectivity index (χ4n) is 2.90. The van der Waals surface area contributed by atoms with Crippen LogP contribution in [0.2, 0.25) is 0 Å². The summed E-state index contributed by atoms with van der Waals surface area (Å²) in [5, 5.41) is 5.81. The molecule has 1 aromatic carbocycles. The molecule has 8 heteroatoms. The minimum atomic E-state index is -0.553. The predicted molar refractivity (Wildman–Crippen MR) is 118 cm³/mol. The van der Waals surface area contributed by atoms with Crippen LogP contribution in [0.15, 0.2) is 24.3 Å². The lowest BCUT2D eigenvalue weighted by atomic mass is 9.87. The molecule has 2 rings (SSSR count). The van der Waals surface area contributed by atoms with Crippen LogP contribution in [0.4, 0.5) is 0 Å². The van der Waals surface area contributed by atoms with Crippen molar-refractivity contribution in [2.24, 2.45) is 11.1 Å². The van der Waals surface area contributed by atoms with E-state index in [1.807, 2.05) is 32.9 Å². The third-order valence-corrected chi connectivity index (χ3v) is 4.81. The largest absolute Gasteiger partial charge is 0.351 e. The molecular formula is C20H34Cl2N4O2. The summed E-state index contributed by atoms with van der Waals surface area (Å²) in [6, 6.07) is 6.74. The highest BCUT2D eigenvalue weighted by Crippen LogP contribution is 2.17. The van der Waals surface area contributed by atoms with Crippen LogP contribution < -0.4 is 16.4 Å².